The number of hydrogen-bond donors (Lipinski definition) is 2. The molecule has 2 aromatic carbocycles. The smallest absolute Gasteiger partial charge is 0.340 e. The lowest BCUT2D eigenvalue weighted by Gasteiger charge is -2.13. The van der Waals surface area contributed by atoms with Crippen molar-refractivity contribution in [3.8, 4) is 0 Å². The fraction of sp³-hybridized carbons (Fsp3) is 0.261. The fourth-order valence-electron chi connectivity index (χ4n) is 2.89. The van der Waals surface area contributed by atoms with Gasteiger partial charge in [0.2, 0.25) is 5.95 Å². The molecule has 0 saturated carbocycles. The maximum atomic E-state index is 12.2. The molecule has 1 heterocycles. The third kappa shape index (κ3) is 5.31. The minimum Gasteiger partial charge on any atom is -0.462 e. The molecule has 6 nitrogen and oxygen atoms in total. The molecular weight excluding hydrogens is 364 g/mol. The third-order valence-electron chi connectivity index (χ3n) is 4.37. The number of aryl methyl sites for hydroxylation is 1. The Kier molecular flexibility index (Phi) is 6.44. The van der Waals surface area contributed by atoms with Crippen LogP contribution >= 0.6 is 0 Å². The highest BCUT2D eigenvalue weighted by molar-refractivity contribution is 5.96. The van der Waals surface area contributed by atoms with Crippen molar-refractivity contribution in [1.82, 2.24) is 9.97 Å². The van der Waals surface area contributed by atoms with Crippen LogP contribution in [-0.2, 0) is 4.74 Å². The van der Waals surface area contributed by atoms with E-state index in [1.165, 1.54) is 5.56 Å². The largest absolute Gasteiger partial charge is 0.462 e. The normalized spacial score (nSPS) is 10.7. The number of anilines is 4. The molecule has 0 atom stereocenters. The number of carbonyl (C=O) groups is 1. The lowest BCUT2D eigenvalue weighted by atomic mass is 10.0. The highest BCUT2D eigenvalue weighted by Crippen LogP contribution is 2.23. The van der Waals surface area contributed by atoms with Crippen molar-refractivity contribution in [1.29, 1.82) is 0 Å². The number of nitrogens with zero attached hydrogens (tertiary/aromatic N) is 2. The van der Waals surface area contributed by atoms with Gasteiger partial charge in [0, 0.05) is 17.4 Å². The highest BCUT2D eigenvalue weighted by atomic mass is 16.5. The molecule has 0 saturated heterocycles. The Morgan fingerprint density at radius 1 is 1.03 bits per heavy atom. The molecule has 0 radical (unpaired) electrons. The Hall–Kier alpha value is -3.41. The predicted octanol–water partition coefficient (Wildman–Crippen LogP) is 5.57. The second-order valence-electron chi connectivity index (χ2n) is 7.01. The molecule has 0 unspecified atom stereocenters. The fourth-order valence-corrected chi connectivity index (χ4v) is 2.89. The number of benzene rings is 2. The summed E-state index contributed by atoms with van der Waals surface area (Å²) in [6.45, 7) is 8.34. The molecule has 6 heteroatoms. The molecule has 0 bridgehead atoms. The zero-order valence-corrected chi connectivity index (χ0v) is 17.2. The second-order valence-corrected chi connectivity index (χ2v) is 7.01. The van der Waals surface area contributed by atoms with Gasteiger partial charge in [-0.1, -0.05) is 38.1 Å². The van der Waals surface area contributed by atoms with Crippen LogP contribution in [0.25, 0.3) is 0 Å². The molecule has 0 aliphatic carbocycles. The first-order valence-electron chi connectivity index (χ1n) is 9.72. The van der Waals surface area contributed by atoms with Gasteiger partial charge in [0.25, 0.3) is 0 Å². The van der Waals surface area contributed by atoms with E-state index in [2.05, 4.69) is 46.6 Å². The average Bonchev–Trinajstić information content (AvgIpc) is 2.68. The van der Waals surface area contributed by atoms with Crippen LogP contribution in [-0.4, -0.2) is 22.5 Å². The molecule has 2 N–H and O–H groups in total. The van der Waals surface area contributed by atoms with Crippen LogP contribution in [0.4, 0.5) is 23.1 Å². The summed E-state index contributed by atoms with van der Waals surface area (Å²) in [6, 6.07) is 17.3. The van der Waals surface area contributed by atoms with Gasteiger partial charge in [0.1, 0.15) is 5.82 Å². The molecule has 3 rings (SSSR count). The monoisotopic (exact) mass is 390 g/mol. The molecule has 150 valence electrons. The summed E-state index contributed by atoms with van der Waals surface area (Å²) in [5.41, 5.74) is 4.09. The van der Waals surface area contributed by atoms with Crippen LogP contribution in [0.5, 0.6) is 0 Å². The molecule has 3 aromatic rings. The molecule has 29 heavy (non-hydrogen) atoms. The Labute approximate surface area is 171 Å². The summed E-state index contributed by atoms with van der Waals surface area (Å²) < 4.78 is 5.14. The van der Waals surface area contributed by atoms with Gasteiger partial charge in [-0.2, -0.15) is 4.98 Å². The third-order valence-corrected chi connectivity index (χ3v) is 4.37. The van der Waals surface area contributed by atoms with E-state index in [-0.39, 0.29) is 5.97 Å². The van der Waals surface area contributed by atoms with Crippen molar-refractivity contribution in [3.63, 3.8) is 0 Å². The van der Waals surface area contributed by atoms with Gasteiger partial charge >= 0.3 is 5.97 Å². The van der Waals surface area contributed by atoms with E-state index in [1.807, 2.05) is 37.3 Å². The SMILES string of the molecule is CCOC(=O)c1ccccc1Nc1cc(C)nc(Nc2ccc(C(C)C)cc2)n1. The lowest BCUT2D eigenvalue weighted by Crippen LogP contribution is -2.09. The topological polar surface area (TPSA) is 76.1 Å². The van der Waals surface area contributed by atoms with Gasteiger partial charge in [-0.05, 0) is 49.6 Å². The van der Waals surface area contributed by atoms with Gasteiger partial charge in [-0.25, -0.2) is 9.78 Å². The van der Waals surface area contributed by atoms with Gasteiger partial charge in [-0.15, -0.1) is 0 Å². The Morgan fingerprint density at radius 2 is 1.76 bits per heavy atom. The first kappa shape index (κ1) is 20.3. The van der Waals surface area contributed by atoms with Crippen molar-refractivity contribution >= 4 is 29.1 Å². The number of esters is 1. The van der Waals surface area contributed by atoms with E-state index in [0.29, 0.717) is 35.5 Å². The van der Waals surface area contributed by atoms with Crippen LogP contribution < -0.4 is 10.6 Å². The maximum absolute atomic E-state index is 12.2. The Bertz CT molecular complexity index is 984. The first-order valence-corrected chi connectivity index (χ1v) is 9.72. The van der Waals surface area contributed by atoms with Crippen LogP contribution in [0.3, 0.4) is 0 Å². The van der Waals surface area contributed by atoms with E-state index in [1.54, 1.807) is 19.1 Å². The zero-order valence-electron chi connectivity index (χ0n) is 17.2. The Balaban J connectivity index is 1.82. The highest BCUT2D eigenvalue weighted by Gasteiger charge is 2.13. The van der Waals surface area contributed by atoms with Gasteiger partial charge in [0.15, 0.2) is 0 Å². The summed E-state index contributed by atoms with van der Waals surface area (Å²) in [4.78, 5) is 21.2. The minimum atomic E-state index is -0.370. The summed E-state index contributed by atoms with van der Waals surface area (Å²) in [6.07, 6.45) is 0. The standard InChI is InChI=1S/C23H26N4O2/c1-5-29-22(28)19-8-6-7-9-20(19)26-21-14-16(4)24-23(27-21)25-18-12-10-17(11-13-18)15(2)3/h6-15H,5H2,1-4H3,(H2,24,25,26,27). The first-order chi connectivity index (χ1) is 14.0. The molecule has 0 aliphatic rings. The summed E-state index contributed by atoms with van der Waals surface area (Å²) >= 11 is 0. The number of hydrogen-bond acceptors (Lipinski definition) is 6. The molecule has 0 spiro atoms. The van der Waals surface area contributed by atoms with Crippen LogP contribution in [0.15, 0.2) is 54.6 Å². The van der Waals surface area contributed by atoms with Crippen LogP contribution in [0.1, 0.15) is 48.3 Å². The predicted molar refractivity (Wildman–Crippen MR) is 116 cm³/mol. The number of carbonyl (C=O) groups excluding carboxylic acids is 1. The number of aromatic nitrogens is 2. The van der Waals surface area contributed by atoms with Gasteiger partial charge < -0.3 is 15.4 Å². The summed E-state index contributed by atoms with van der Waals surface area (Å²) in [5, 5.41) is 6.45. The summed E-state index contributed by atoms with van der Waals surface area (Å²) in [7, 11) is 0. The molecule has 0 amide bonds. The van der Waals surface area contributed by atoms with E-state index in [4.69, 9.17) is 4.74 Å². The van der Waals surface area contributed by atoms with E-state index in [0.717, 1.165) is 11.4 Å². The van der Waals surface area contributed by atoms with Gasteiger partial charge in [-0.3, -0.25) is 0 Å². The second kappa shape index (κ2) is 9.19. The number of para-hydroxylation sites is 1. The molecular formula is C23H26N4O2. The van der Waals surface area contributed by atoms with E-state index >= 15 is 0 Å². The average molecular weight is 390 g/mol. The Morgan fingerprint density at radius 3 is 2.45 bits per heavy atom. The number of nitrogens with one attached hydrogen (secondary N) is 2. The zero-order chi connectivity index (χ0) is 20.8. The van der Waals surface area contributed by atoms with Crippen LogP contribution in [0, 0.1) is 6.92 Å². The van der Waals surface area contributed by atoms with Crippen molar-refractivity contribution < 1.29 is 9.53 Å². The molecule has 0 fully saturated rings. The molecule has 0 aliphatic heterocycles. The number of rotatable bonds is 7. The molecule has 1 aromatic heterocycles. The lowest BCUT2D eigenvalue weighted by molar-refractivity contribution is 0.0527. The van der Waals surface area contributed by atoms with E-state index in [9.17, 15) is 4.79 Å². The van der Waals surface area contributed by atoms with Gasteiger partial charge in [0.05, 0.1) is 17.9 Å². The quantitative estimate of drug-likeness (QED) is 0.514. The van der Waals surface area contributed by atoms with Crippen LogP contribution in [0.2, 0.25) is 0 Å². The maximum Gasteiger partial charge on any atom is 0.340 e. The van der Waals surface area contributed by atoms with Crippen molar-refractivity contribution in [3.05, 3.63) is 71.4 Å². The number of ether oxygens (including phenoxy) is 1. The van der Waals surface area contributed by atoms with Crippen molar-refractivity contribution in [2.24, 2.45) is 0 Å². The minimum absolute atomic E-state index is 0.323. The van der Waals surface area contributed by atoms with Crippen molar-refractivity contribution in [2.75, 3.05) is 17.2 Å². The van der Waals surface area contributed by atoms with Crippen molar-refractivity contribution in [2.45, 2.75) is 33.6 Å². The summed E-state index contributed by atoms with van der Waals surface area (Å²) in [5.74, 6) is 1.19. The van der Waals surface area contributed by atoms with E-state index < -0.39 is 0 Å².